The van der Waals surface area contributed by atoms with E-state index < -0.39 is 35.1 Å². The van der Waals surface area contributed by atoms with Gasteiger partial charge < -0.3 is 44.0 Å². The third-order valence-corrected chi connectivity index (χ3v) is 11.1. The number of nitro benzene ring substituents is 1. The number of allylic oxidation sites excluding steroid dienone is 1. The van der Waals surface area contributed by atoms with Crippen LogP contribution in [-0.2, 0) is 14.3 Å². The number of fused-ring (bicyclic) bond motifs is 2. The van der Waals surface area contributed by atoms with E-state index in [9.17, 15) is 30.2 Å². The molecule has 2 fully saturated rings. The van der Waals surface area contributed by atoms with Gasteiger partial charge in [-0.15, -0.1) is 6.58 Å². The second kappa shape index (κ2) is 17.8. The number of nitrogens with zero attached hydrogens (tertiary/aromatic N) is 3. The first-order valence-electron chi connectivity index (χ1n) is 18.9. The molecule has 7 atom stereocenters. The number of aliphatic hydroxyl groups is 2. The number of rotatable bonds is 16. The van der Waals surface area contributed by atoms with Crippen molar-refractivity contribution in [2.45, 2.75) is 88.2 Å². The first kappa shape index (κ1) is 39.2. The van der Waals surface area contributed by atoms with Crippen LogP contribution in [-0.4, -0.2) is 88.5 Å². The van der Waals surface area contributed by atoms with Crippen molar-refractivity contribution in [3.8, 4) is 17.2 Å². The fourth-order valence-electron chi connectivity index (χ4n) is 8.59. The van der Waals surface area contributed by atoms with Gasteiger partial charge in [0.2, 0.25) is 12.1 Å². The van der Waals surface area contributed by atoms with Crippen molar-refractivity contribution >= 4 is 17.5 Å². The van der Waals surface area contributed by atoms with Gasteiger partial charge in [0.1, 0.15) is 23.3 Å². The highest BCUT2D eigenvalue weighted by Crippen LogP contribution is 2.61. The van der Waals surface area contributed by atoms with Gasteiger partial charge in [0.15, 0.2) is 0 Å². The van der Waals surface area contributed by atoms with Crippen molar-refractivity contribution in [1.82, 2.24) is 4.90 Å². The number of aliphatic hydroxyl groups excluding tert-OH is 2. The number of amides is 1. The van der Waals surface area contributed by atoms with E-state index in [1.54, 1.807) is 31.3 Å². The Morgan fingerprint density at radius 2 is 1.87 bits per heavy atom. The second-order valence-electron chi connectivity index (χ2n) is 14.4. The Hall–Kier alpha value is -4.50. The zero-order valence-corrected chi connectivity index (χ0v) is 30.7. The van der Waals surface area contributed by atoms with Gasteiger partial charge in [0.25, 0.3) is 5.69 Å². The molecule has 54 heavy (non-hydrogen) atoms. The molecule has 3 N–H and O–H groups in total. The molecular weight excluding hydrogens is 698 g/mol. The minimum atomic E-state index is -1.50. The third-order valence-electron chi connectivity index (χ3n) is 11.1. The highest BCUT2D eigenvalue weighted by molar-refractivity contribution is 6.03. The van der Waals surface area contributed by atoms with Crippen LogP contribution in [0.4, 0.5) is 10.5 Å². The lowest BCUT2D eigenvalue weighted by Crippen LogP contribution is -2.69. The summed E-state index contributed by atoms with van der Waals surface area (Å²) in [6.07, 6.45) is 9.68. The second-order valence-corrected chi connectivity index (χ2v) is 14.4. The smallest absolute Gasteiger partial charge is 0.415 e. The normalized spacial score (nSPS) is 27.8. The van der Waals surface area contributed by atoms with Crippen molar-refractivity contribution < 1.29 is 48.8 Å². The first-order chi connectivity index (χ1) is 26.2. The number of aromatic hydroxyl groups is 1. The van der Waals surface area contributed by atoms with Gasteiger partial charge >= 0.3 is 6.09 Å². The predicted octanol–water partition coefficient (Wildman–Crippen LogP) is 6.59. The van der Waals surface area contributed by atoms with Gasteiger partial charge in [0, 0.05) is 56.7 Å². The number of likely N-dealkylation sites (N-methyl/N-ethyl adjacent to an activating group) is 1. The zero-order chi connectivity index (χ0) is 38.2. The van der Waals surface area contributed by atoms with E-state index in [-0.39, 0.29) is 61.2 Å². The Kier molecular flexibility index (Phi) is 12.9. The fourth-order valence-corrected chi connectivity index (χ4v) is 8.59. The average molecular weight is 750 g/mol. The molecule has 2 aromatic rings. The summed E-state index contributed by atoms with van der Waals surface area (Å²) in [5.74, 6) is -1.59. The number of benzene rings is 2. The number of ether oxygens (including phenoxy) is 4. The summed E-state index contributed by atoms with van der Waals surface area (Å²) >= 11 is 0. The number of oxime groups is 1. The van der Waals surface area contributed by atoms with Crippen molar-refractivity contribution in [1.29, 1.82) is 0 Å². The molecule has 2 aliphatic carbocycles. The standard InChI is InChI=1S/C40H51N3O11/c1-3-21-51-40-35(42(2)39(47)52-29-16-13-27(14-17-29)43(48)49)25-33(41-54-36-12-6-9-22-50-36)31-23-26(10-4-7-19-44)30(11-5-8-20-45)37(38(31)40)32-24-28(46)15-18-34(32)53-40/h3,13-18,23-24,26,30,35-38,44-46H,1,4-12,19-22,25H2,2H3/t26-,30+,35-,36?,37+,38+,40+/m0/s1. The van der Waals surface area contributed by atoms with E-state index in [1.165, 1.54) is 29.2 Å². The predicted molar refractivity (Wildman–Crippen MR) is 198 cm³/mol. The highest BCUT2D eigenvalue weighted by Gasteiger charge is 2.65. The molecule has 2 aromatic carbocycles. The summed E-state index contributed by atoms with van der Waals surface area (Å²) in [5.41, 5.74) is 2.12. The van der Waals surface area contributed by atoms with Crippen LogP contribution in [0.15, 0.2) is 71.9 Å². The lowest BCUT2D eigenvalue weighted by molar-refractivity contribution is -0.384. The van der Waals surface area contributed by atoms with E-state index in [0.29, 0.717) is 37.3 Å². The molecule has 14 nitrogen and oxygen atoms in total. The molecular formula is C40H51N3O11. The Bertz CT molecular complexity index is 1690. The summed E-state index contributed by atoms with van der Waals surface area (Å²) in [6.45, 7) is 4.71. The first-order valence-corrected chi connectivity index (χ1v) is 18.9. The molecule has 0 spiro atoms. The molecule has 0 aromatic heterocycles. The van der Waals surface area contributed by atoms with Crippen molar-refractivity contribution in [3.63, 3.8) is 0 Å². The van der Waals surface area contributed by atoms with E-state index in [2.05, 4.69) is 12.7 Å². The molecule has 1 saturated carbocycles. The molecule has 1 amide bonds. The van der Waals surface area contributed by atoms with Crippen molar-refractivity contribution in [2.75, 3.05) is 33.5 Å². The van der Waals surface area contributed by atoms with Crippen LogP contribution < -0.4 is 9.47 Å². The molecule has 4 aliphatic rings. The molecule has 292 valence electrons. The summed E-state index contributed by atoms with van der Waals surface area (Å²) < 4.78 is 25.5. The van der Waals surface area contributed by atoms with Gasteiger partial charge in [-0.2, -0.15) is 0 Å². The molecule has 6 rings (SSSR count). The summed E-state index contributed by atoms with van der Waals surface area (Å²) in [4.78, 5) is 32.3. The summed E-state index contributed by atoms with van der Waals surface area (Å²) in [6, 6.07) is 9.45. The third kappa shape index (κ3) is 8.26. The lowest BCUT2D eigenvalue weighted by atomic mass is 9.55. The van der Waals surface area contributed by atoms with Gasteiger partial charge in [-0.1, -0.05) is 30.1 Å². The number of unbranched alkanes of at least 4 members (excludes halogenated alkanes) is 2. The number of hydrogen-bond donors (Lipinski definition) is 3. The topological polar surface area (TPSA) is 183 Å². The Balaban J connectivity index is 1.50. The van der Waals surface area contributed by atoms with Crippen LogP contribution in [0.3, 0.4) is 0 Å². The number of hydrogen-bond acceptors (Lipinski definition) is 12. The van der Waals surface area contributed by atoms with E-state index in [0.717, 1.165) is 49.7 Å². The maximum absolute atomic E-state index is 14.1. The van der Waals surface area contributed by atoms with Gasteiger partial charge in [-0.3, -0.25) is 10.1 Å². The largest absolute Gasteiger partial charge is 0.508 e. The SMILES string of the molecule is C=CCO[C@@]12Oc3ccc(O)cc3[C@H]3[C@H](CCCCO)[C@@H](CCCCO)C=C(C(=NOC4CCCCO4)C[C@@H]1N(C)C(=O)Oc1ccc([N+](=O)[O-])cc1)[C@H]32. The quantitative estimate of drug-likeness (QED) is 0.0729. The number of non-ortho nitro benzene ring substituents is 1. The zero-order valence-electron chi connectivity index (χ0n) is 30.7. The molecule has 0 radical (unpaired) electrons. The van der Waals surface area contributed by atoms with Gasteiger partial charge in [-0.25, -0.2) is 4.79 Å². The van der Waals surface area contributed by atoms with E-state index in [1.807, 2.05) is 0 Å². The number of carbonyl (C=O) groups is 1. The molecule has 2 aliphatic heterocycles. The molecule has 1 saturated heterocycles. The van der Waals surface area contributed by atoms with Crippen LogP contribution in [0.2, 0.25) is 0 Å². The summed E-state index contributed by atoms with van der Waals surface area (Å²) in [7, 11) is 1.60. The Morgan fingerprint density at radius 3 is 2.56 bits per heavy atom. The molecule has 14 heteroatoms. The Labute approximate surface area is 315 Å². The summed E-state index contributed by atoms with van der Waals surface area (Å²) in [5, 5.41) is 46.4. The molecule has 0 bridgehead atoms. The van der Waals surface area contributed by atoms with Crippen LogP contribution in [0.25, 0.3) is 0 Å². The van der Waals surface area contributed by atoms with Crippen LogP contribution in [0.5, 0.6) is 17.2 Å². The average Bonchev–Trinajstić information content (AvgIpc) is 3.18. The maximum Gasteiger partial charge on any atom is 0.415 e. The van der Waals surface area contributed by atoms with Crippen LogP contribution in [0, 0.1) is 27.9 Å². The maximum atomic E-state index is 14.1. The Morgan fingerprint density at radius 1 is 1.11 bits per heavy atom. The van der Waals surface area contributed by atoms with Crippen molar-refractivity contribution in [2.24, 2.45) is 22.9 Å². The van der Waals surface area contributed by atoms with Gasteiger partial charge in [0.05, 0.1) is 29.8 Å². The monoisotopic (exact) mass is 749 g/mol. The number of phenols is 1. The molecule has 2 heterocycles. The van der Waals surface area contributed by atoms with E-state index in [4.69, 9.17) is 28.9 Å². The van der Waals surface area contributed by atoms with Crippen molar-refractivity contribution in [3.05, 3.63) is 82.4 Å². The molecule has 1 unspecified atom stereocenters. The van der Waals surface area contributed by atoms with Crippen LogP contribution >= 0.6 is 0 Å². The number of carbonyl (C=O) groups excluding carboxylic acids is 1. The minimum Gasteiger partial charge on any atom is -0.508 e. The van der Waals surface area contributed by atoms with E-state index >= 15 is 0 Å². The minimum absolute atomic E-state index is 0.000104. The fraction of sp³-hybridized carbons (Fsp3) is 0.550. The number of nitro groups is 1. The lowest BCUT2D eigenvalue weighted by Gasteiger charge is -2.59. The van der Waals surface area contributed by atoms with Gasteiger partial charge in [-0.05, 0) is 86.3 Å². The number of phenolic OH excluding ortho intramolecular Hbond substituents is 1. The highest BCUT2D eigenvalue weighted by atomic mass is 16.8. The van der Waals surface area contributed by atoms with Crippen LogP contribution in [0.1, 0.15) is 75.7 Å².